The zero-order valence-corrected chi connectivity index (χ0v) is 14.0. The maximum absolute atomic E-state index is 10.8. The average molecular weight is 322 g/mol. The Bertz CT molecular complexity index is 858. The Balaban J connectivity index is 2.19. The number of hydrogen-bond donors (Lipinski definition) is 1. The molecule has 1 radical (unpaired) electrons. The smallest absolute Gasteiger partial charge is 0.146 e. The summed E-state index contributed by atoms with van der Waals surface area (Å²) < 4.78 is 0. The number of carbonyl (C=O) groups excluding carboxylic acids is 1. The molecule has 0 saturated carbocycles. The van der Waals surface area contributed by atoms with Crippen molar-refractivity contribution in [2.75, 3.05) is 0 Å². The molecule has 0 spiro atoms. The molecule has 3 rings (SSSR count). The Morgan fingerprint density at radius 3 is 2.29 bits per heavy atom. The number of phenolic OH excluding ortho intramolecular Hbond substituents is 1. The van der Waals surface area contributed by atoms with Crippen molar-refractivity contribution in [1.82, 2.24) is 15.0 Å². The Hall–Kier alpha value is -2.69. The van der Waals surface area contributed by atoms with E-state index in [1.54, 1.807) is 6.07 Å². The van der Waals surface area contributed by atoms with E-state index in [1.165, 1.54) is 4.80 Å². The van der Waals surface area contributed by atoms with Crippen LogP contribution in [0.4, 0.5) is 0 Å². The summed E-state index contributed by atoms with van der Waals surface area (Å²) in [5.41, 5.74) is 3.43. The van der Waals surface area contributed by atoms with E-state index in [0.29, 0.717) is 12.1 Å². The van der Waals surface area contributed by atoms with E-state index in [2.05, 4.69) is 10.2 Å². The van der Waals surface area contributed by atoms with E-state index in [9.17, 15) is 9.90 Å². The predicted molar refractivity (Wildman–Crippen MR) is 93.3 cm³/mol. The number of carbonyl (C=O) groups is 1. The third-order valence-corrected chi connectivity index (χ3v) is 3.87. The quantitative estimate of drug-likeness (QED) is 0.746. The first-order chi connectivity index (χ1) is 11.4. The Kier molecular flexibility index (Phi) is 4.09. The number of hydrogen-bond acceptors (Lipinski definition) is 4. The van der Waals surface area contributed by atoms with Crippen molar-refractivity contribution in [3.05, 3.63) is 53.9 Å². The van der Waals surface area contributed by atoms with Crippen molar-refractivity contribution in [2.45, 2.75) is 32.6 Å². The van der Waals surface area contributed by atoms with E-state index in [1.807, 2.05) is 57.5 Å². The van der Waals surface area contributed by atoms with Gasteiger partial charge in [0.2, 0.25) is 0 Å². The molecule has 0 saturated heterocycles. The number of rotatable bonds is 4. The van der Waals surface area contributed by atoms with Crippen LogP contribution in [0, 0.1) is 6.42 Å². The molecule has 24 heavy (non-hydrogen) atoms. The lowest BCUT2D eigenvalue weighted by Gasteiger charge is -2.23. The molecule has 0 fully saturated rings. The highest BCUT2D eigenvalue weighted by atomic mass is 16.3. The van der Waals surface area contributed by atoms with Gasteiger partial charge in [0.25, 0.3) is 0 Å². The third kappa shape index (κ3) is 3.02. The molecular formula is C19H20N3O2. The number of benzene rings is 2. The van der Waals surface area contributed by atoms with Crippen LogP contribution in [-0.4, -0.2) is 26.4 Å². The highest BCUT2D eigenvalue weighted by Gasteiger charge is 2.23. The summed E-state index contributed by atoms with van der Waals surface area (Å²) in [6, 6.07) is 11.3. The topological polar surface area (TPSA) is 68.0 Å². The summed E-state index contributed by atoms with van der Waals surface area (Å²) in [6.45, 7) is 6.09. The van der Waals surface area contributed by atoms with Crippen LogP contribution in [-0.2, 0) is 10.2 Å². The van der Waals surface area contributed by atoms with Crippen molar-refractivity contribution < 1.29 is 9.90 Å². The van der Waals surface area contributed by atoms with Gasteiger partial charge in [-0.05, 0) is 35.6 Å². The summed E-state index contributed by atoms with van der Waals surface area (Å²) in [4.78, 5) is 12.1. The zero-order valence-electron chi connectivity index (χ0n) is 14.0. The Labute approximate surface area is 140 Å². The monoisotopic (exact) mass is 322 g/mol. The second kappa shape index (κ2) is 6.07. The molecule has 2 aromatic carbocycles. The Morgan fingerprint density at radius 2 is 1.75 bits per heavy atom. The largest absolute Gasteiger partial charge is 0.505 e. The minimum absolute atomic E-state index is 0.158. The van der Waals surface area contributed by atoms with Crippen LogP contribution in [0.1, 0.15) is 38.3 Å². The maximum Gasteiger partial charge on any atom is 0.146 e. The van der Waals surface area contributed by atoms with Crippen molar-refractivity contribution in [3.8, 4) is 11.4 Å². The second-order valence-electron chi connectivity index (χ2n) is 6.77. The molecule has 0 atom stereocenters. The van der Waals surface area contributed by atoms with E-state index in [0.717, 1.165) is 28.4 Å². The van der Waals surface area contributed by atoms with Crippen LogP contribution in [0.5, 0.6) is 5.75 Å². The van der Waals surface area contributed by atoms with E-state index in [4.69, 9.17) is 0 Å². The van der Waals surface area contributed by atoms with Crippen molar-refractivity contribution >= 4 is 17.3 Å². The van der Waals surface area contributed by atoms with Gasteiger partial charge < -0.3 is 9.90 Å². The first-order valence-electron chi connectivity index (χ1n) is 7.87. The summed E-state index contributed by atoms with van der Waals surface area (Å²) in [5.74, 6) is 0.158. The van der Waals surface area contributed by atoms with Gasteiger partial charge >= 0.3 is 0 Å². The second-order valence-corrected chi connectivity index (χ2v) is 6.77. The molecule has 0 unspecified atom stereocenters. The lowest BCUT2D eigenvalue weighted by molar-refractivity contribution is -0.107. The molecule has 0 aliphatic heterocycles. The van der Waals surface area contributed by atoms with Gasteiger partial charge in [0, 0.05) is 12.0 Å². The van der Waals surface area contributed by atoms with Gasteiger partial charge in [-0.1, -0.05) is 39.0 Å². The van der Waals surface area contributed by atoms with Gasteiger partial charge in [-0.3, -0.25) is 0 Å². The van der Waals surface area contributed by atoms with Crippen molar-refractivity contribution in [3.63, 3.8) is 0 Å². The van der Waals surface area contributed by atoms with Crippen LogP contribution >= 0.6 is 0 Å². The molecular weight excluding hydrogens is 302 g/mol. The van der Waals surface area contributed by atoms with Gasteiger partial charge in [0.05, 0.1) is 0 Å². The minimum Gasteiger partial charge on any atom is -0.505 e. The Morgan fingerprint density at radius 1 is 1.12 bits per heavy atom. The number of aromatic nitrogens is 3. The van der Waals surface area contributed by atoms with E-state index >= 15 is 0 Å². The first kappa shape index (κ1) is 16.2. The van der Waals surface area contributed by atoms with Crippen molar-refractivity contribution in [1.29, 1.82) is 0 Å². The first-order valence-corrected chi connectivity index (χ1v) is 7.87. The zero-order chi connectivity index (χ0) is 17.3. The average Bonchev–Trinajstić information content (AvgIpc) is 2.96. The fourth-order valence-corrected chi connectivity index (χ4v) is 2.63. The highest BCUT2D eigenvalue weighted by molar-refractivity contribution is 5.74. The van der Waals surface area contributed by atoms with Crippen LogP contribution < -0.4 is 0 Å². The van der Waals surface area contributed by atoms with Crippen LogP contribution in [0.2, 0.25) is 0 Å². The van der Waals surface area contributed by atoms with Gasteiger partial charge in [0.15, 0.2) is 0 Å². The number of phenols is 1. The molecule has 0 aliphatic rings. The molecule has 1 heterocycles. The number of aldehydes is 1. The fraction of sp³-hybridized carbons (Fsp3) is 0.263. The van der Waals surface area contributed by atoms with E-state index < -0.39 is 0 Å². The van der Waals surface area contributed by atoms with Crippen molar-refractivity contribution in [2.24, 2.45) is 0 Å². The number of nitrogens with zero attached hydrogens (tertiary/aromatic N) is 3. The molecule has 1 aromatic heterocycles. The molecule has 5 heteroatoms. The normalized spacial score (nSPS) is 11.8. The van der Waals surface area contributed by atoms with Crippen LogP contribution in [0.3, 0.4) is 0 Å². The lowest BCUT2D eigenvalue weighted by atomic mass is 9.84. The predicted octanol–water partition coefficient (Wildman–Crippen LogP) is 3.56. The standard InChI is InChI=1S/C19H20N3O2/c1-19(2,3)14-11-13(7-6-10-23)12-17(18(14)24)22-20-15-8-4-5-9-16(15)21-22/h4-5,7-12,24H,6H2,1-3H3. The summed E-state index contributed by atoms with van der Waals surface area (Å²) >= 11 is 0. The van der Waals surface area contributed by atoms with Crippen LogP contribution in [0.15, 0.2) is 36.4 Å². The lowest BCUT2D eigenvalue weighted by Crippen LogP contribution is -2.14. The molecule has 0 aliphatic carbocycles. The summed E-state index contributed by atoms with van der Waals surface area (Å²) in [6.07, 6.45) is 3.00. The summed E-state index contributed by atoms with van der Waals surface area (Å²) in [5, 5.41) is 19.7. The van der Waals surface area contributed by atoms with Gasteiger partial charge in [-0.2, -0.15) is 0 Å². The number of fused-ring (bicyclic) bond motifs is 1. The third-order valence-electron chi connectivity index (χ3n) is 3.87. The highest BCUT2D eigenvalue weighted by Crippen LogP contribution is 2.36. The minimum atomic E-state index is -0.254. The molecule has 1 N–H and O–H groups in total. The fourth-order valence-electron chi connectivity index (χ4n) is 2.63. The molecule has 0 amide bonds. The molecule has 0 bridgehead atoms. The summed E-state index contributed by atoms with van der Waals surface area (Å²) in [7, 11) is 0. The molecule has 3 aromatic rings. The van der Waals surface area contributed by atoms with Gasteiger partial charge in [-0.25, -0.2) is 0 Å². The van der Waals surface area contributed by atoms with Gasteiger partial charge in [-0.15, -0.1) is 15.0 Å². The number of aromatic hydroxyl groups is 1. The molecule has 5 nitrogen and oxygen atoms in total. The van der Waals surface area contributed by atoms with E-state index in [-0.39, 0.29) is 11.2 Å². The van der Waals surface area contributed by atoms with Crippen LogP contribution in [0.25, 0.3) is 16.7 Å². The molecule has 123 valence electrons. The van der Waals surface area contributed by atoms with Gasteiger partial charge in [0.1, 0.15) is 28.8 Å². The maximum atomic E-state index is 10.8. The SMILES string of the molecule is CC(C)(C)c1cc([CH]CC=O)cc(-n2nc3ccccc3n2)c1O.